The Balaban J connectivity index is 2.53. The molecule has 0 aliphatic carbocycles. The van der Waals surface area contributed by atoms with Crippen LogP contribution in [0.5, 0.6) is 5.75 Å². The Morgan fingerprint density at radius 3 is 2.50 bits per heavy atom. The normalized spacial score (nSPS) is 12.0. The zero-order valence-corrected chi connectivity index (χ0v) is 12.6. The largest absolute Gasteiger partial charge is 0.594 e. The maximum atomic E-state index is 11.9. The van der Waals surface area contributed by atoms with E-state index in [1.54, 1.807) is 38.3 Å². The summed E-state index contributed by atoms with van der Waals surface area (Å²) in [5.74, 6) is 0.155. The van der Waals surface area contributed by atoms with Gasteiger partial charge in [0.05, 0.1) is 19.3 Å². The van der Waals surface area contributed by atoms with Crippen LogP contribution >= 0.6 is 0 Å². The van der Waals surface area contributed by atoms with Gasteiger partial charge in [0.1, 0.15) is 11.4 Å². The summed E-state index contributed by atoms with van der Waals surface area (Å²) in [6, 6.07) is 8.49. The summed E-state index contributed by atoms with van der Waals surface area (Å²) in [4.78, 5) is 11.9. The Morgan fingerprint density at radius 2 is 2.00 bits per heavy atom. The SMILES string of the molecule is CCOC(=O)c1cc(-c2ccc(OC)cc2)c([NH+]([O-])O)n1C. The van der Waals surface area contributed by atoms with E-state index in [0.717, 1.165) is 0 Å². The van der Waals surface area contributed by atoms with Crippen molar-refractivity contribution >= 4 is 11.8 Å². The van der Waals surface area contributed by atoms with Crippen LogP contribution in [0, 0.1) is 5.21 Å². The van der Waals surface area contributed by atoms with E-state index in [1.165, 1.54) is 17.7 Å². The van der Waals surface area contributed by atoms with E-state index in [4.69, 9.17) is 9.47 Å². The molecule has 2 N–H and O–H groups in total. The molecular weight excluding hydrogens is 288 g/mol. The number of nitrogens with one attached hydrogen (secondary N) is 1. The second kappa shape index (κ2) is 6.61. The van der Waals surface area contributed by atoms with Gasteiger partial charge in [0.2, 0.25) is 5.82 Å². The molecule has 1 aromatic heterocycles. The van der Waals surface area contributed by atoms with Crippen molar-refractivity contribution < 1.29 is 24.7 Å². The summed E-state index contributed by atoms with van der Waals surface area (Å²) in [5, 5.41) is 19.9. The van der Waals surface area contributed by atoms with Gasteiger partial charge in [0, 0.05) is 7.05 Å². The van der Waals surface area contributed by atoms with E-state index in [0.29, 0.717) is 16.9 Å². The third-order valence-corrected chi connectivity index (χ3v) is 3.32. The van der Waals surface area contributed by atoms with Crippen LogP contribution in [0.25, 0.3) is 11.1 Å². The summed E-state index contributed by atoms with van der Waals surface area (Å²) in [7, 11) is 3.09. The minimum absolute atomic E-state index is 0.0354. The molecule has 0 aliphatic heterocycles. The van der Waals surface area contributed by atoms with Gasteiger partial charge in [-0.25, -0.2) is 10.0 Å². The Hall–Kier alpha value is -2.35. The second-order valence-corrected chi connectivity index (χ2v) is 4.61. The standard InChI is InChI=1S/C15H18N2O5/c1-4-22-15(18)13-9-12(14(16(13)2)17(19)20)10-5-7-11(21-3)8-6-10/h5-9,17,19H,4H2,1-3H3. The minimum Gasteiger partial charge on any atom is -0.594 e. The molecule has 1 aromatic carbocycles. The highest BCUT2D eigenvalue weighted by molar-refractivity contribution is 5.92. The van der Waals surface area contributed by atoms with Crippen LogP contribution in [0.2, 0.25) is 0 Å². The summed E-state index contributed by atoms with van der Waals surface area (Å²) in [5.41, 5.74) is 1.34. The summed E-state index contributed by atoms with van der Waals surface area (Å²) in [6.45, 7) is 1.92. The molecule has 0 radical (unpaired) electrons. The number of carbonyl (C=O) groups excluding carboxylic acids is 1. The van der Waals surface area contributed by atoms with E-state index in [-0.39, 0.29) is 18.1 Å². The molecule has 0 spiro atoms. The number of hydrogen-bond donors (Lipinski definition) is 2. The number of rotatable bonds is 5. The lowest BCUT2D eigenvalue weighted by Gasteiger charge is -2.15. The van der Waals surface area contributed by atoms with Crippen LogP contribution < -0.4 is 9.96 Å². The zero-order chi connectivity index (χ0) is 16.3. The summed E-state index contributed by atoms with van der Waals surface area (Å²) in [6.07, 6.45) is 0. The lowest BCUT2D eigenvalue weighted by molar-refractivity contribution is -0.993. The van der Waals surface area contributed by atoms with E-state index < -0.39 is 11.2 Å². The fraction of sp³-hybridized carbons (Fsp3) is 0.267. The van der Waals surface area contributed by atoms with E-state index in [2.05, 4.69) is 0 Å². The van der Waals surface area contributed by atoms with Gasteiger partial charge in [-0.1, -0.05) is 12.1 Å². The third-order valence-electron chi connectivity index (χ3n) is 3.32. The number of aromatic nitrogens is 1. The van der Waals surface area contributed by atoms with E-state index >= 15 is 0 Å². The molecule has 22 heavy (non-hydrogen) atoms. The van der Waals surface area contributed by atoms with Crippen molar-refractivity contribution in [2.75, 3.05) is 13.7 Å². The molecule has 0 saturated carbocycles. The predicted octanol–water partition coefficient (Wildman–Crippen LogP) is 1.28. The second-order valence-electron chi connectivity index (χ2n) is 4.61. The summed E-state index contributed by atoms with van der Waals surface area (Å²) >= 11 is 0. The molecular formula is C15H18N2O5. The maximum absolute atomic E-state index is 11.9. The van der Waals surface area contributed by atoms with Crippen molar-refractivity contribution in [3.63, 3.8) is 0 Å². The fourth-order valence-electron chi connectivity index (χ4n) is 2.25. The number of hydrogen-bond acceptors (Lipinski definition) is 5. The quantitative estimate of drug-likeness (QED) is 0.642. The van der Waals surface area contributed by atoms with Gasteiger partial charge in [0.15, 0.2) is 0 Å². The molecule has 1 unspecified atom stereocenters. The topological polar surface area (TPSA) is 88.2 Å². The highest BCUT2D eigenvalue weighted by Crippen LogP contribution is 2.30. The molecule has 118 valence electrons. The van der Waals surface area contributed by atoms with Gasteiger partial charge in [0.25, 0.3) is 0 Å². The van der Waals surface area contributed by atoms with Crippen LogP contribution in [-0.4, -0.2) is 29.5 Å². The first-order chi connectivity index (χ1) is 10.5. The Labute approximate surface area is 127 Å². The molecule has 2 rings (SSSR count). The van der Waals surface area contributed by atoms with Gasteiger partial charge in [-0.15, -0.1) is 0 Å². The fourth-order valence-corrected chi connectivity index (χ4v) is 2.25. The Bertz CT molecular complexity index is 661. The average molecular weight is 306 g/mol. The molecule has 0 amide bonds. The van der Waals surface area contributed by atoms with Gasteiger partial charge in [-0.3, -0.25) is 4.57 Å². The predicted molar refractivity (Wildman–Crippen MR) is 79.1 cm³/mol. The van der Waals surface area contributed by atoms with E-state index in [9.17, 15) is 15.2 Å². The highest BCUT2D eigenvalue weighted by atomic mass is 16.8. The first-order valence-corrected chi connectivity index (χ1v) is 6.74. The van der Waals surface area contributed by atoms with Crippen LogP contribution in [0.1, 0.15) is 17.4 Å². The smallest absolute Gasteiger partial charge is 0.355 e. The molecule has 7 heteroatoms. The minimum atomic E-state index is -1.11. The van der Waals surface area contributed by atoms with Gasteiger partial charge in [-0.05, 0) is 30.7 Å². The average Bonchev–Trinajstić information content (AvgIpc) is 2.85. The number of quaternary nitrogens is 1. The number of methoxy groups -OCH3 is 1. The number of carbonyl (C=O) groups is 1. The molecule has 0 bridgehead atoms. The zero-order valence-electron chi connectivity index (χ0n) is 12.6. The number of nitrogens with zero attached hydrogens (tertiary/aromatic N) is 1. The monoisotopic (exact) mass is 306 g/mol. The Kier molecular flexibility index (Phi) is 4.81. The third kappa shape index (κ3) is 2.96. The van der Waals surface area contributed by atoms with Gasteiger partial charge < -0.3 is 14.7 Å². The van der Waals surface area contributed by atoms with Crippen LogP contribution in [0.15, 0.2) is 30.3 Å². The van der Waals surface area contributed by atoms with E-state index in [1.807, 2.05) is 0 Å². The van der Waals surface area contributed by atoms with Crippen LogP contribution in [-0.2, 0) is 11.8 Å². The lowest BCUT2D eigenvalue weighted by Crippen LogP contribution is -2.99. The lowest BCUT2D eigenvalue weighted by atomic mass is 10.1. The molecule has 0 saturated heterocycles. The van der Waals surface area contributed by atoms with Crippen molar-refractivity contribution in [3.8, 4) is 16.9 Å². The molecule has 0 aliphatic rings. The van der Waals surface area contributed by atoms with Crippen LogP contribution in [0.4, 0.5) is 5.82 Å². The van der Waals surface area contributed by atoms with Crippen molar-refractivity contribution in [1.82, 2.24) is 4.57 Å². The molecule has 1 atom stereocenters. The molecule has 1 heterocycles. The van der Waals surface area contributed by atoms with Crippen molar-refractivity contribution in [2.45, 2.75) is 6.92 Å². The molecule has 0 fully saturated rings. The maximum Gasteiger partial charge on any atom is 0.355 e. The van der Waals surface area contributed by atoms with Crippen molar-refractivity contribution in [2.24, 2.45) is 7.05 Å². The molecule has 2 aromatic rings. The van der Waals surface area contributed by atoms with Crippen LogP contribution in [0.3, 0.4) is 0 Å². The number of benzene rings is 1. The van der Waals surface area contributed by atoms with Gasteiger partial charge >= 0.3 is 5.97 Å². The highest BCUT2D eigenvalue weighted by Gasteiger charge is 2.24. The Morgan fingerprint density at radius 1 is 1.36 bits per heavy atom. The number of esters is 1. The number of ether oxygens (including phenoxy) is 2. The van der Waals surface area contributed by atoms with Gasteiger partial charge in [-0.2, -0.15) is 5.23 Å². The summed E-state index contributed by atoms with van der Waals surface area (Å²) < 4.78 is 11.4. The van der Waals surface area contributed by atoms with Crippen molar-refractivity contribution in [3.05, 3.63) is 41.2 Å². The first-order valence-electron chi connectivity index (χ1n) is 6.74. The first kappa shape index (κ1) is 16.0. The molecule has 7 nitrogen and oxygen atoms in total. The van der Waals surface area contributed by atoms with Crippen molar-refractivity contribution in [1.29, 1.82) is 0 Å².